The molecule has 0 radical (unpaired) electrons. The molecule has 0 saturated carbocycles. The van der Waals surface area contributed by atoms with E-state index in [-0.39, 0.29) is 6.61 Å². The quantitative estimate of drug-likeness (QED) is 0.904. The number of aliphatic hydroxyl groups excluding tert-OH is 1. The summed E-state index contributed by atoms with van der Waals surface area (Å²) in [6.07, 6.45) is -5.45. The second-order valence-electron chi connectivity index (χ2n) is 4.63. The van der Waals surface area contributed by atoms with Crippen LogP contribution in [0.25, 0.3) is 11.1 Å². The highest BCUT2D eigenvalue weighted by Crippen LogP contribution is 2.22. The second-order valence-corrected chi connectivity index (χ2v) is 4.63. The van der Waals surface area contributed by atoms with E-state index in [1.807, 2.05) is 42.5 Å². The standard InChI is InChI=1S/C16H15F3O2/c17-16(18,19)11-21-10-15(20)14-8-6-13(7-9-14)12-4-2-1-3-5-12/h1-9,15,20H,10-11H2. The highest BCUT2D eigenvalue weighted by atomic mass is 19.4. The number of ether oxygens (including phenoxy) is 1. The maximum atomic E-state index is 11.9. The summed E-state index contributed by atoms with van der Waals surface area (Å²) < 4.78 is 40.3. The van der Waals surface area contributed by atoms with Crippen molar-refractivity contribution in [2.75, 3.05) is 13.2 Å². The Labute approximate surface area is 120 Å². The van der Waals surface area contributed by atoms with E-state index in [1.165, 1.54) is 0 Å². The van der Waals surface area contributed by atoms with Gasteiger partial charge in [-0.15, -0.1) is 0 Å². The summed E-state index contributed by atoms with van der Waals surface area (Å²) in [5, 5.41) is 9.79. The molecule has 5 heteroatoms. The Balaban J connectivity index is 1.96. The molecule has 1 unspecified atom stereocenters. The predicted molar refractivity (Wildman–Crippen MR) is 73.7 cm³/mol. The van der Waals surface area contributed by atoms with Crippen LogP contribution in [0.3, 0.4) is 0 Å². The molecule has 0 aliphatic heterocycles. The number of rotatable bonds is 5. The van der Waals surface area contributed by atoms with Gasteiger partial charge in [-0.1, -0.05) is 54.6 Å². The van der Waals surface area contributed by atoms with E-state index >= 15 is 0 Å². The minimum atomic E-state index is -4.38. The normalized spacial score (nSPS) is 13.1. The molecule has 0 fully saturated rings. The monoisotopic (exact) mass is 296 g/mol. The third-order valence-electron chi connectivity index (χ3n) is 2.94. The van der Waals surface area contributed by atoms with Crippen LogP contribution in [0.1, 0.15) is 11.7 Å². The smallest absolute Gasteiger partial charge is 0.386 e. The van der Waals surface area contributed by atoms with Crippen molar-refractivity contribution in [3.05, 3.63) is 60.2 Å². The van der Waals surface area contributed by atoms with Gasteiger partial charge in [-0.05, 0) is 16.7 Å². The van der Waals surface area contributed by atoms with Crippen LogP contribution in [-0.4, -0.2) is 24.5 Å². The molecule has 0 amide bonds. The third-order valence-corrected chi connectivity index (χ3v) is 2.94. The summed E-state index contributed by atoms with van der Waals surface area (Å²) in [5.41, 5.74) is 2.53. The maximum Gasteiger partial charge on any atom is 0.411 e. The first kappa shape index (κ1) is 15.5. The van der Waals surface area contributed by atoms with E-state index in [1.54, 1.807) is 12.1 Å². The van der Waals surface area contributed by atoms with Crippen LogP contribution in [0.5, 0.6) is 0 Å². The minimum absolute atomic E-state index is 0.385. The number of benzene rings is 2. The SMILES string of the molecule is OC(COCC(F)(F)F)c1ccc(-c2ccccc2)cc1. The van der Waals surface area contributed by atoms with Crippen LogP contribution in [0.15, 0.2) is 54.6 Å². The first-order valence-corrected chi connectivity index (χ1v) is 6.44. The summed E-state index contributed by atoms with van der Waals surface area (Å²) in [6.45, 7) is -1.74. The van der Waals surface area contributed by atoms with Gasteiger partial charge in [0.2, 0.25) is 0 Å². The molecule has 0 heterocycles. The summed E-state index contributed by atoms with van der Waals surface area (Å²) >= 11 is 0. The summed E-state index contributed by atoms with van der Waals surface area (Å²) in [4.78, 5) is 0. The van der Waals surface area contributed by atoms with Gasteiger partial charge in [-0.2, -0.15) is 13.2 Å². The van der Waals surface area contributed by atoms with Gasteiger partial charge < -0.3 is 9.84 Å². The van der Waals surface area contributed by atoms with Gasteiger partial charge in [-0.3, -0.25) is 0 Å². The number of aliphatic hydroxyl groups is 1. The first-order chi connectivity index (χ1) is 9.96. The average molecular weight is 296 g/mol. The first-order valence-electron chi connectivity index (χ1n) is 6.44. The molecule has 0 aliphatic rings. The lowest BCUT2D eigenvalue weighted by Crippen LogP contribution is -2.19. The van der Waals surface area contributed by atoms with Gasteiger partial charge in [0.05, 0.1) is 6.61 Å². The molecule has 2 aromatic rings. The van der Waals surface area contributed by atoms with Crippen molar-refractivity contribution in [2.45, 2.75) is 12.3 Å². The number of hydrogen-bond donors (Lipinski definition) is 1. The van der Waals surface area contributed by atoms with Crippen molar-refractivity contribution < 1.29 is 23.0 Å². The highest BCUT2D eigenvalue weighted by Gasteiger charge is 2.27. The molecule has 112 valence electrons. The van der Waals surface area contributed by atoms with E-state index in [2.05, 4.69) is 4.74 Å². The molecule has 0 aliphatic carbocycles. The van der Waals surface area contributed by atoms with Crippen LogP contribution in [-0.2, 0) is 4.74 Å². The van der Waals surface area contributed by atoms with Gasteiger partial charge in [0, 0.05) is 0 Å². The molecule has 21 heavy (non-hydrogen) atoms. The summed E-state index contributed by atoms with van der Waals surface area (Å²) in [7, 11) is 0. The minimum Gasteiger partial charge on any atom is -0.386 e. The van der Waals surface area contributed by atoms with Crippen molar-refractivity contribution in [1.29, 1.82) is 0 Å². The largest absolute Gasteiger partial charge is 0.411 e. The molecule has 0 aromatic heterocycles. The second kappa shape index (κ2) is 6.74. The summed E-state index contributed by atoms with van der Waals surface area (Å²) in [5.74, 6) is 0. The number of hydrogen-bond acceptors (Lipinski definition) is 2. The van der Waals surface area contributed by atoms with Crippen molar-refractivity contribution in [1.82, 2.24) is 0 Å². The number of halogens is 3. The van der Waals surface area contributed by atoms with E-state index in [9.17, 15) is 18.3 Å². The molecule has 0 spiro atoms. The van der Waals surface area contributed by atoms with Crippen molar-refractivity contribution >= 4 is 0 Å². The lowest BCUT2D eigenvalue weighted by atomic mass is 10.0. The zero-order chi connectivity index (χ0) is 15.3. The van der Waals surface area contributed by atoms with Crippen LogP contribution in [0, 0.1) is 0 Å². The summed E-state index contributed by atoms with van der Waals surface area (Å²) in [6, 6.07) is 16.7. The van der Waals surface area contributed by atoms with Crippen molar-refractivity contribution in [3.8, 4) is 11.1 Å². The molecular weight excluding hydrogens is 281 g/mol. The Morgan fingerprint density at radius 2 is 1.48 bits per heavy atom. The van der Waals surface area contributed by atoms with Gasteiger partial charge in [-0.25, -0.2) is 0 Å². The molecule has 1 N–H and O–H groups in total. The fourth-order valence-corrected chi connectivity index (χ4v) is 1.91. The Bertz CT molecular complexity index is 550. The van der Waals surface area contributed by atoms with Gasteiger partial charge in [0.15, 0.2) is 0 Å². The molecule has 2 rings (SSSR count). The van der Waals surface area contributed by atoms with Gasteiger partial charge in [0.25, 0.3) is 0 Å². The van der Waals surface area contributed by atoms with Crippen LogP contribution < -0.4 is 0 Å². The lowest BCUT2D eigenvalue weighted by Gasteiger charge is -2.13. The van der Waals surface area contributed by atoms with Crippen molar-refractivity contribution in [2.24, 2.45) is 0 Å². The van der Waals surface area contributed by atoms with E-state index in [0.717, 1.165) is 11.1 Å². The molecule has 0 bridgehead atoms. The van der Waals surface area contributed by atoms with Crippen LogP contribution in [0.4, 0.5) is 13.2 Å². The maximum absolute atomic E-state index is 11.9. The van der Waals surface area contributed by atoms with Gasteiger partial charge in [0.1, 0.15) is 12.7 Å². The molecule has 2 nitrogen and oxygen atoms in total. The predicted octanol–water partition coefficient (Wildman–Crippen LogP) is 3.97. The topological polar surface area (TPSA) is 29.5 Å². The molecule has 1 atom stereocenters. The zero-order valence-electron chi connectivity index (χ0n) is 11.2. The Hall–Kier alpha value is -1.85. The third kappa shape index (κ3) is 4.88. The van der Waals surface area contributed by atoms with Gasteiger partial charge >= 0.3 is 6.18 Å². The molecule has 0 saturated heterocycles. The highest BCUT2D eigenvalue weighted by molar-refractivity contribution is 5.63. The Kier molecular flexibility index (Phi) is 4.98. The van der Waals surface area contributed by atoms with Crippen molar-refractivity contribution in [3.63, 3.8) is 0 Å². The van der Waals surface area contributed by atoms with E-state index < -0.39 is 18.9 Å². The Morgan fingerprint density at radius 3 is 2.05 bits per heavy atom. The Morgan fingerprint density at radius 1 is 0.905 bits per heavy atom. The van der Waals surface area contributed by atoms with E-state index in [4.69, 9.17) is 0 Å². The van der Waals surface area contributed by atoms with Crippen LogP contribution in [0.2, 0.25) is 0 Å². The zero-order valence-corrected chi connectivity index (χ0v) is 11.2. The molecule has 2 aromatic carbocycles. The average Bonchev–Trinajstić information content (AvgIpc) is 2.47. The van der Waals surface area contributed by atoms with E-state index in [0.29, 0.717) is 5.56 Å². The lowest BCUT2D eigenvalue weighted by molar-refractivity contribution is -0.179. The fourth-order valence-electron chi connectivity index (χ4n) is 1.91. The van der Waals surface area contributed by atoms with Crippen LogP contribution >= 0.6 is 0 Å². The number of alkyl halides is 3. The molecular formula is C16H15F3O2. The fraction of sp³-hybridized carbons (Fsp3) is 0.250.